The molecule has 0 saturated heterocycles. The Bertz CT molecular complexity index is 2540. The van der Waals surface area contributed by atoms with Gasteiger partial charge < -0.3 is 58.7 Å². The van der Waals surface area contributed by atoms with E-state index in [4.69, 9.17) is 19.7 Å². The zero-order valence-electron chi connectivity index (χ0n) is 52.4. The topological polar surface area (TPSA) is 316 Å². The van der Waals surface area contributed by atoms with E-state index in [2.05, 4.69) is 78.0 Å². The smallest absolute Gasteiger partial charge is 0.460 e. The van der Waals surface area contributed by atoms with E-state index in [-0.39, 0.29) is 144 Å². The number of Topliss-reactive ketones (excluding diaryl/α,β-unsaturated/α-hetero) is 1. The summed E-state index contributed by atoms with van der Waals surface area (Å²) >= 11 is 0. The second-order valence-corrected chi connectivity index (χ2v) is 15.9. The third-order valence-electron chi connectivity index (χ3n) is 8.30. The lowest BCUT2D eigenvalue weighted by molar-refractivity contribution is -0.548. The second-order valence-electron chi connectivity index (χ2n) is 15.9. The van der Waals surface area contributed by atoms with E-state index in [1.54, 1.807) is 24.0 Å². The van der Waals surface area contributed by atoms with Crippen LogP contribution in [0.25, 0.3) is 0 Å². The normalized spacial score (nSPS) is 9.75. The van der Waals surface area contributed by atoms with Gasteiger partial charge in [0.2, 0.25) is 18.7 Å². The van der Waals surface area contributed by atoms with E-state index < -0.39 is 114 Å². The van der Waals surface area contributed by atoms with Crippen molar-refractivity contribution < 1.29 is 194 Å². The highest BCUT2D eigenvalue weighted by molar-refractivity contribution is 6.02. The lowest BCUT2D eigenvalue weighted by Crippen LogP contribution is -2.48. The monoisotopic (exact) mass is 1640 g/mol. The predicted octanol–water partition coefficient (Wildman–Crippen LogP) is 17.1. The van der Waals surface area contributed by atoms with Gasteiger partial charge in [0, 0.05) is 56.1 Å². The molecule has 4 N–H and O–H groups in total. The van der Waals surface area contributed by atoms with Gasteiger partial charge in [0.25, 0.3) is 5.79 Å². The Kier molecular flexibility index (Phi) is 107. The van der Waals surface area contributed by atoms with Crippen LogP contribution in [0.1, 0.15) is 118 Å². The fraction of sp³-hybridized carbons (Fsp3) is 0.603. The van der Waals surface area contributed by atoms with Crippen LogP contribution in [0, 0.1) is 0 Å². The number of benzene rings is 2. The van der Waals surface area contributed by atoms with Gasteiger partial charge in [-0.3, -0.25) is 14.3 Å². The fourth-order valence-electron chi connectivity index (χ4n) is 4.15. The lowest BCUT2D eigenvalue weighted by Gasteiger charge is -2.29. The molecule has 0 heterocycles. The molecule has 0 fully saturated rings. The van der Waals surface area contributed by atoms with Gasteiger partial charge in [0.05, 0.1) is 26.2 Å². The Morgan fingerprint density at radius 2 is 0.824 bits per heavy atom. The fourth-order valence-corrected chi connectivity index (χ4v) is 4.15. The predicted molar refractivity (Wildman–Crippen MR) is 360 cm³/mol. The number of alkyl halides is 18. The van der Waals surface area contributed by atoms with Gasteiger partial charge in [-0.05, 0) is 29.8 Å². The SMILES string of the molecule is C.C.C.C.C.C.C.C.C.C.C=C(C)C(=O)OCCN=C=O.C=C(C)C(=O)OCCNC(=O)OCCF.C=C(C)C(=O)OCCNC(=O)OCF.CC(F)(F)OCF.COC(F)(F)C(F)(F)OF.COC(OC)(C(=O)c1ccccc1)c1ccccc1.FCOC(F)(F)OC(F)(F)C(F)(F)OF.OCCF.OCF. The first-order valence-corrected chi connectivity index (χ1v) is 25.5. The minimum absolute atomic E-state index is 0. The second kappa shape index (κ2) is 81.4. The quantitative estimate of drug-likeness (QED) is 0.00608. The summed E-state index contributed by atoms with van der Waals surface area (Å²) in [5, 5.41) is 18.8. The molecule has 0 bridgehead atoms. The molecule has 648 valence electrons. The number of hydrogen-bond donors (Lipinski definition) is 4. The Hall–Kier alpha value is -8.14. The Balaban J connectivity index is -0.0000000586. The summed E-state index contributed by atoms with van der Waals surface area (Å²) in [6, 6.07) is 18.2. The van der Waals surface area contributed by atoms with Crippen LogP contribution >= 0.6 is 0 Å². The van der Waals surface area contributed by atoms with E-state index in [1.165, 1.54) is 39.1 Å². The number of carbonyl (C=O) groups is 6. The van der Waals surface area contributed by atoms with Crippen molar-refractivity contribution in [3.8, 4) is 0 Å². The largest absolute Gasteiger partial charge is 0.492 e. The molecule has 2 aromatic rings. The summed E-state index contributed by atoms with van der Waals surface area (Å²) in [6.07, 6.45) is -31.2. The Labute approximate surface area is 617 Å². The number of aliphatic hydroxyl groups excluding tert-OH is 2. The molecule has 0 atom stereocenters. The number of aliphatic imine (C=N–C) groups is 1. The Morgan fingerprint density at radius 3 is 1.09 bits per heavy atom. The zero-order valence-corrected chi connectivity index (χ0v) is 52.4. The number of esters is 3. The van der Waals surface area contributed by atoms with Crippen molar-refractivity contribution in [2.75, 3.05) is 115 Å². The molecular weight excluding hydrogens is 1530 g/mol. The molecule has 45 heteroatoms. The summed E-state index contributed by atoms with van der Waals surface area (Å²) in [5.41, 5.74) is 2.12. The number of hydrogen-bond acceptors (Lipinski definition) is 23. The van der Waals surface area contributed by atoms with Gasteiger partial charge in [0.15, 0.2) is 20.6 Å². The Morgan fingerprint density at radius 1 is 0.481 bits per heavy atom. The van der Waals surface area contributed by atoms with E-state index in [0.29, 0.717) is 30.7 Å². The van der Waals surface area contributed by atoms with Crippen molar-refractivity contribution >= 4 is 42.0 Å². The van der Waals surface area contributed by atoms with Gasteiger partial charge in [-0.15, -0.1) is 18.7 Å². The minimum atomic E-state index is -6.04. The number of ketones is 1. The van der Waals surface area contributed by atoms with Crippen LogP contribution < -0.4 is 10.6 Å². The van der Waals surface area contributed by atoms with Crippen LogP contribution in [0.15, 0.2) is 102 Å². The molecule has 2 rings (SSSR count). The number of nitrogens with one attached hydrogen (secondary N) is 2. The highest BCUT2D eigenvalue weighted by atomic mass is 19.4. The first-order valence-electron chi connectivity index (χ1n) is 25.5. The standard InChI is InChI=1S/C16H16O3.C9H14FNO4.C8H12FNO4.C7H9NO3.C4H2F8O3.C3H3F5O2.C3H5F3O.C2H5FO.CH3FO.10CH4/c1-18-16(19-2,14-11-7-4-8-12-14)15(17)13-9-5-3-6-10-13;1-7(2)8(12)14-6-4-11-9(13)15-5-3-10;1-6(2)7(11)13-4-3-10-8(12)14-5-9;1-6(2)7(10)11-4-3-8-5-9;5-1-13-4(10,11)14-2(6,7)3(8,9)15-12;1-9-2(4,5)3(6,7)10-8;1-3(5,6)7-2-4;3-1-2-4;2-1-3;;;;;;;;;;/h3-12H,1-2H3;1,3-6H2,2H3,(H,11,13);1,3-5H2,2H3,(H,10,12);1,3-4H2,2H3;1H2;1H3;2H2,1H3;4H,1-2H2;3H,1H2;10*1H4. The molecule has 0 saturated carbocycles. The van der Waals surface area contributed by atoms with Crippen molar-refractivity contribution in [2.45, 2.75) is 145 Å². The molecule has 0 aromatic heterocycles. The highest BCUT2D eigenvalue weighted by Crippen LogP contribution is 2.41. The number of alkyl carbamates (subject to hydrolysis) is 2. The third-order valence-corrected chi connectivity index (χ3v) is 8.30. The summed E-state index contributed by atoms with van der Waals surface area (Å²) in [5.74, 6) is -3.14. The van der Waals surface area contributed by atoms with Crippen LogP contribution in [0.5, 0.6) is 0 Å². The molecule has 108 heavy (non-hydrogen) atoms. The summed E-state index contributed by atoms with van der Waals surface area (Å²) in [7, 11) is 3.24. The van der Waals surface area contributed by atoms with E-state index in [1.807, 2.05) is 48.5 Å². The molecule has 0 unspecified atom stereocenters. The average Bonchev–Trinajstić information content (AvgIpc) is 0.791. The minimum Gasteiger partial charge on any atom is -0.460 e. The molecule has 0 aliphatic carbocycles. The molecule has 0 spiro atoms. The van der Waals surface area contributed by atoms with Crippen LogP contribution in [0.3, 0.4) is 0 Å². The zero-order chi connectivity index (χ0) is 77.8. The van der Waals surface area contributed by atoms with Crippen LogP contribution in [0.4, 0.5) is 97.7 Å². The molecule has 0 aliphatic heterocycles. The average molecular weight is 1640 g/mol. The van der Waals surface area contributed by atoms with Crippen LogP contribution in [-0.2, 0) is 87.0 Å². The lowest BCUT2D eigenvalue weighted by atomic mass is 9.96. The van der Waals surface area contributed by atoms with E-state index in [9.17, 15) is 122 Å². The van der Waals surface area contributed by atoms with Crippen molar-refractivity contribution in [1.82, 2.24) is 10.6 Å². The highest BCUT2D eigenvalue weighted by Gasteiger charge is 2.66. The molecule has 25 nitrogen and oxygen atoms in total. The van der Waals surface area contributed by atoms with Crippen molar-refractivity contribution in [3.63, 3.8) is 0 Å². The van der Waals surface area contributed by atoms with Crippen molar-refractivity contribution in [2.24, 2.45) is 4.99 Å². The number of isocyanates is 1. The molecule has 0 radical (unpaired) electrons. The summed E-state index contributed by atoms with van der Waals surface area (Å²) < 4.78 is 270. The van der Waals surface area contributed by atoms with E-state index in [0.717, 1.165) is 0 Å². The number of nitrogens with zero attached hydrogens (tertiary/aromatic N) is 1. The molecule has 0 aliphatic rings. The molecule has 2 amide bonds. The number of carbonyl (C=O) groups excluding carboxylic acids is 7. The number of halogens is 20. The molecule has 2 aromatic carbocycles. The summed E-state index contributed by atoms with van der Waals surface area (Å²) in [4.78, 5) is 82.0. The first-order chi connectivity index (χ1) is 45.4. The van der Waals surface area contributed by atoms with Gasteiger partial charge in [-0.25, -0.2) is 64.8 Å². The number of methoxy groups -OCH3 is 3. The van der Waals surface area contributed by atoms with Gasteiger partial charge in [-0.2, -0.15) is 43.9 Å². The van der Waals surface area contributed by atoms with Crippen molar-refractivity contribution in [3.05, 3.63) is 108 Å². The summed E-state index contributed by atoms with van der Waals surface area (Å²) in [6.45, 7) is 7.48. The number of aliphatic hydroxyl groups is 2. The molecular formula is C63H109F20N3O22. The van der Waals surface area contributed by atoms with Gasteiger partial charge >= 0.3 is 66.9 Å². The van der Waals surface area contributed by atoms with E-state index >= 15 is 0 Å². The maximum Gasteiger partial charge on any atom is 0.492 e. The van der Waals surface area contributed by atoms with Crippen LogP contribution in [-0.4, -0.2) is 204 Å². The number of rotatable bonds is 32. The van der Waals surface area contributed by atoms with Gasteiger partial charge in [0.1, 0.15) is 39.8 Å². The number of ether oxygens (including phenoxy) is 11. The maximum absolute atomic E-state index is 12.7. The van der Waals surface area contributed by atoms with Crippen LogP contribution in [0.2, 0.25) is 0 Å². The van der Waals surface area contributed by atoms with Crippen molar-refractivity contribution in [1.29, 1.82) is 0 Å². The third kappa shape index (κ3) is 74.7. The number of amides is 2. The maximum atomic E-state index is 12.7. The first kappa shape index (κ1) is 142. The van der Waals surface area contributed by atoms with Gasteiger partial charge in [-0.1, -0.05) is 155 Å².